The summed E-state index contributed by atoms with van der Waals surface area (Å²) in [6.07, 6.45) is 2.86. The molecule has 0 aromatic carbocycles. The zero-order valence-corrected chi connectivity index (χ0v) is 7.82. The van der Waals surface area contributed by atoms with Crippen molar-refractivity contribution in [2.75, 3.05) is 0 Å². The van der Waals surface area contributed by atoms with E-state index in [0.717, 1.165) is 19.3 Å². The molecule has 13 heavy (non-hydrogen) atoms. The first kappa shape index (κ1) is 11.5. The highest BCUT2D eigenvalue weighted by molar-refractivity contribution is 5.01. The van der Waals surface area contributed by atoms with Crippen LogP contribution in [-0.4, -0.2) is 0 Å². The molecular formula is C10H13N3. The maximum atomic E-state index is 8.77. The van der Waals surface area contributed by atoms with Gasteiger partial charge in [-0.05, 0) is 6.42 Å². The van der Waals surface area contributed by atoms with Crippen LogP contribution in [0.15, 0.2) is 0 Å². The lowest BCUT2D eigenvalue weighted by Crippen LogP contribution is -2.10. The lowest BCUT2D eigenvalue weighted by Gasteiger charge is -2.10. The number of nitriles is 3. The second kappa shape index (κ2) is 7.14. The van der Waals surface area contributed by atoms with Crippen molar-refractivity contribution in [3.63, 3.8) is 0 Å². The van der Waals surface area contributed by atoms with Crippen LogP contribution in [0.5, 0.6) is 0 Å². The van der Waals surface area contributed by atoms with Gasteiger partial charge in [0.25, 0.3) is 0 Å². The van der Waals surface area contributed by atoms with E-state index in [2.05, 4.69) is 6.07 Å². The summed E-state index contributed by atoms with van der Waals surface area (Å²) in [5, 5.41) is 25.9. The monoisotopic (exact) mass is 175 g/mol. The van der Waals surface area contributed by atoms with Crippen LogP contribution < -0.4 is 0 Å². The number of hydrogen-bond acceptors (Lipinski definition) is 3. The molecule has 2 atom stereocenters. The van der Waals surface area contributed by atoms with Crippen LogP contribution >= 0.6 is 0 Å². The molecule has 0 radical (unpaired) electrons. The van der Waals surface area contributed by atoms with Gasteiger partial charge in [0.2, 0.25) is 0 Å². The molecule has 2 unspecified atom stereocenters. The molecular weight excluding hydrogens is 162 g/mol. The summed E-state index contributed by atoms with van der Waals surface area (Å²) in [4.78, 5) is 0. The molecule has 0 aliphatic carbocycles. The normalized spacial score (nSPS) is 13.4. The molecule has 3 heteroatoms. The van der Waals surface area contributed by atoms with Crippen LogP contribution in [-0.2, 0) is 0 Å². The van der Waals surface area contributed by atoms with Gasteiger partial charge in [0.05, 0.1) is 36.5 Å². The fraction of sp³-hybridized carbons (Fsp3) is 0.700. The Labute approximate surface area is 79.2 Å². The zero-order valence-electron chi connectivity index (χ0n) is 7.82. The van der Waals surface area contributed by atoms with E-state index < -0.39 is 5.92 Å². The van der Waals surface area contributed by atoms with E-state index in [4.69, 9.17) is 15.8 Å². The van der Waals surface area contributed by atoms with Crippen molar-refractivity contribution < 1.29 is 0 Å². The van der Waals surface area contributed by atoms with Crippen LogP contribution in [0.3, 0.4) is 0 Å². The van der Waals surface area contributed by atoms with Gasteiger partial charge >= 0.3 is 0 Å². The van der Waals surface area contributed by atoms with Crippen molar-refractivity contribution in [1.82, 2.24) is 0 Å². The van der Waals surface area contributed by atoms with E-state index in [1.54, 1.807) is 0 Å². The van der Waals surface area contributed by atoms with E-state index in [1.807, 2.05) is 19.1 Å². The van der Waals surface area contributed by atoms with E-state index in [-0.39, 0.29) is 12.3 Å². The molecule has 0 bridgehead atoms. The predicted octanol–water partition coefficient (Wildman–Crippen LogP) is 2.37. The SMILES string of the molecule is CCCCC(C#N)C(C#N)CC#N. The predicted molar refractivity (Wildman–Crippen MR) is 48.0 cm³/mol. The third kappa shape index (κ3) is 4.14. The number of nitrogens with zero attached hydrogens (tertiary/aromatic N) is 3. The van der Waals surface area contributed by atoms with Gasteiger partial charge in [0.15, 0.2) is 0 Å². The third-order valence-electron chi connectivity index (χ3n) is 2.00. The Balaban J connectivity index is 4.14. The standard InChI is InChI=1S/C10H13N3/c1-2-3-4-9(7-12)10(8-13)5-6-11/h9-10H,2-5H2,1H3. The van der Waals surface area contributed by atoms with Gasteiger partial charge in [-0.2, -0.15) is 15.8 Å². The fourth-order valence-electron chi connectivity index (χ4n) is 1.16. The minimum absolute atomic E-state index is 0.165. The molecule has 0 spiro atoms. The van der Waals surface area contributed by atoms with Crippen molar-refractivity contribution in [3.05, 3.63) is 0 Å². The maximum Gasteiger partial charge on any atom is 0.0751 e. The Morgan fingerprint density at radius 2 is 1.69 bits per heavy atom. The molecule has 0 amide bonds. The van der Waals surface area contributed by atoms with Crippen molar-refractivity contribution in [3.8, 4) is 18.2 Å². The zero-order chi connectivity index (χ0) is 10.1. The fourth-order valence-corrected chi connectivity index (χ4v) is 1.16. The molecule has 0 fully saturated rings. The van der Waals surface area contributed by atoms with E-state index in [9.17, 15) is 0 Å². The van der Waals surface area contributed by atoms with Crippen molar-refractivity contribution in [2.24, 2.45) is 11.8 Å². The Kier molecular flexibility index (Phi) is 6.30. The molecule has 68 valence electrons. The average molecular weight is 175 g/mol. The quantitative estimate of drug-likeness (QED) is 0.643. The minimum Gasteiger partial charge on any atom is -0.198 e. The van der Waals surface area contributed by atoms with Crippen LogP contribution in [0.1, 0.15) is 32.6 Å². The van der Waals surface area contributed by atoms with E-state index >= 15 is 0 Å². The molecule has 0 heterocycles. The summed E-state index contributed by atoms with van der Waals surface area (Å²) in [7, 11) is 0. The van der Waals surface area contributed by atoms with Crippen LogP contribution in [0, 0.1) is 45.8 Å². The van der Waals surface area contributed by atoms with Crippen LogP contribution in [0.4, 0.5) is 0 Å². The summed E-state index contributed by atoms with van der Waals surface area (Å²) >= 11 is 0. The third-order valence-corrected chi connectivity index (χ3v) is 2.00. The van der Waals surface area contributed by atoms with Crippen molar-refractivity contribution in [1.29, 1.82) is 15.8 Å². The second-order valence-corrected chi connectivity index (χ2v) is 2.98. The van der Waals surface area contributed by atoms with E-state index in [1.165, 1.54) is 0 Å². The molecule has 0 aromatic heterocycles. The molecule has 0 N–H and O–H groups in total. The highest BCUT2D eigenvalue weighted by Gasteiger charge is 2.19. The van der Waals surface area contributed by atoms with Gasteiger partial charge < -0.3 is 0 Å². The highest BCUT2D eigenvalue weighted by atomic mass is 14.4. The summed E-state index contributed by atoms with van der Waals surface area (Å²) in [6, 6.07) is 6.05. The van der Waals surface area contributed by atoms with E-state index in [0.29, 0.717) is 0 Å². The summed E-state index contributed by atoms with van der Waals surface area (Å²) in [6.45, 7) is 2.04. The molecule has 0 saturated carbocycles. The Hall–Kier alpha value is -1.53. The van der Waals surface area contributed by atoms with Crippen molar-refractivity contribution in [2.45, 2.75) is 32.6 Å². The van der Waals surface area contributed by atoms with Crippen molar-refractivity contribution >= 4 is 0 Å². The maximum absolute atomic E-state index is 8.77. The topological polar surface area (TPSA) is 71.4 Å². The Bertz CT molecular complexity index is 251. The first-order chi connectivity index (χ1) is 6.29. The van der Waals surface area contributed by atoms with Gasteiger partial charge in [0, 0.05) is 0 Å². The summed E-state index contributed by atoms with van der Waals surface area (Å²) in [5.74, 6) is -0.689. The lowest BCUT2D eigenvalue weighted by molar-refractivity contribution is 0.454. The molecule has 0 rings (SSSR count). The Morgan fingerprint density at radius 1 is 1.08 bits per heavy atom. The Morgan fingerprint density at radius 3 is 2.08 bits per heavy atom. The van der Waals surface area contributed by atoms with Gasteiger partial charge in [-0.3, -0.25) is 0 Å². The average Bonchev–Trinajstić information content (AvgIpc) is 2.17. The molecule has 0 aromatic rings. The van der Waals surface area contributed by atoms with Crippen LogP contribution in [0.2, 0.25) is 0 Å². The highest BCUT2D eigenvalue weighted by Crippen LogP contribution is 2.20. The lowest BCUT2D eigenvalue weighted by atomic mass is 9.88. The smallest absolute Gasteiger partial charge is 0.0751 e. The largest absolute Gasteiger partial charge is 0.198 e. The van der Waals surface area contributed by atoms with Gasteiger partial charge in [0.1, 0.15) is 0 Å². The minimum atomic E-state index is -0.415. The first-order valence-corrected chi connectivity index (χ1v) is 4.46. The molecule has 0 saturated heterocycles. The second-order valence-electron chi connectivity index (χ2n) is 2.98. The first-order valence-electron chi connectivity index (χ1n) is 4.46. The summed E-state index contributed by atoms with van der Waals surface area (Å²) in [5.41, 5.74) is 0. The molecule has 0 aliphatic rings. The molecule has 3 nitrogen and oxygen atoms in total. The summed E-state index contributed by atoms with van der Waals surface area (Å²) < 4.78 is 0. The number of rotatable bonds is 5. The van der Waals surface area contributed by atoms with Crippen LogP contribution in [0.25, 0.3) is 0 Å². The number of hydrogen-bond donors (Lipinski definition) is 0. The number of unbranched alkanes of at least 4 members (excludes halogenated alkanes) is 1. The van der Waals surface area contributed by atoms with Gasteiger partial charge in [-0.15, -0.1) is 0 Å². The van der Waals surface area contributed by atoms with Gasteiger partial charge in [-0.1, -0.05) is 19.8 Å². The van der Waals surface area contributed by atoms with Gasteiger partial charge in [-0.25, -0.2) is 0 Å². The molecule has 0 aliphatic heterocycles.